The van der Waals surface area contributed by atoms with Crippen molar-refractivity contribution < 1.29 is 34.9 Å². The lowest BCUT2D eigenvalue weighted by Crippen LogP contribution is -2.05. The Morgan fingerprint density at radius 2 is 1.23 bits per heavy atom. The van der Waals surface area contributed by atoms with Crippen molar-refractivity contribution in [2.75, 3.05) is 0 Å². The van der Waals surface area contributed by atoms with Gasteiger partial charge in [-0.15, -0.1) is 0 Å². The van der Waals surface area contributed by atoms with Crippen LogP contribution in [0.1, 0.15) is 11.1 Å². The Morgan fingerprint density at radius 3 is 1.54 bits per heavy atom. The molecule has 0 aromatic heterocycles. The topological polar surface area (TPSA) is 90.8 Å². The number of hydrogen-bond donors (Lipinski definition) is 0. The zero-order valence-electron chi connectivity index (χ0n) is 12.0. The maximum Gasteiger partial charge on any atom is 0.482 e. The number of nitriles is 2. The molecule has 138 valence electrons. The number of alkyl halides is 6. The zero-order valence-corrected chi connectivity index (χ0v) is 13.6. The molecule has 26 heavy (non-hydrogen) atoms. The highest BCUT2D eigenvalue weighted by atomic mass is 32.2. The summed E-state index contributed by atoms with van der Waals surface area (Å²) >= 11 is -1.89. The third-order valence-corrected chi connectivity index (χ3v) is 2.82. The van der Waals surface area contributed by atoms with Gasteiger partial charge in [0.1, 0.15) is 12.1 Å². The molecule has 1 aromatic rings. The van der Waals surface area contributed by atoms with E-state index in [1.165, 1.54) is 30.3 Å². The maximum atomic E-state index is 12.0. The maximum absolute atomic E-state index is 12.0. The van der Waals surface area contributed by atoms with Crippen LogP contribution in [0.5, 0.6) is 0 Å². The molecule has 0 heterocycles. The van der Waals surface area contributed by atoms with Crippen LogP contribution in [0.25, 0.3) is 0 Å². The summed E-state index contributed by atoms with van der Waals surface area (Å²) in [7, 11) is 0. The summed E-state index contributed by atoms with van der Waals surface area (Å²) in [6.07, 6.45) is 0. The number of nitrogens with zero attached hydrogens (tertiary/aromatic N) is 4. The molecule has 0 bridgehead atoms. The van der Waals surface area contributed by atoms with Gasteiger partial charge in [-0.25, -0.2) is 0 Å². The Morgan fingerprint density at radius 1 is 0.846 bits per heavy atom. The molecule has 0 fully saturated rings. The van der Waals surface area contributed by atoms with Gasteiger partial charge in [-0.2, -0.15) is 36.9 Å². The summed E-state index contributed by atoms with van der Waals surface area (Å²) in [4.78, 5) is 0. The average Bonchev–Trinajstić information content (AvgIpc) is 2.54. The third-order valence-electron chi connectivity index (χ3n) is 2.14. The highest BCUT2D eigenvalue weighted by Gasteiger charge is 2.32. The van der Waals surface area contributed by atoms with Crippen molar-refractivity contribution >= 4 is 35.5 Å². The van der Waals surface area contributed by atoms with E-state index in [4.69, 9.17) is 10.5 Å². The monoisotopic (exact) mass is 414 g/mol. The van der Waals surface area contributed by atoms with Crippen LogP contribution < -0.4 is 0 Å². The summed E-state index contributed by atoms with van der Waals surface area (Å²) in [6, 6.07) is 7.86. The molecule has 1 aromatic carbocycles. The first-order valence-electron chi connectivity index (χ1n) is 5.96. The summed E-state index contributed by atoms with van der Waals surface area (Å²) in [5, 5.41) is 23.9. The van der Waals surface area contributed by atoms with Crippen LogP contribution in [0, 0.1) is 22.7 Å². The van der Waals surface area contributed by atoms with E-state index in [0.717, 1.165) is 6.07 Å². The van der Waals surface area contributed by atoms with Crippen LogP contribution in [0.4, 0.5) is 26.3 Å². The molecule has 0 radical (unpaired) electrons. The standard InChI is InChI=1S/C12H4F6N4O2S2/c13-11(14,15)25-23-21-9(5-19)7-2-1-3-8(4-7)10(6-20)22-24-26-12(16,17)18/h1-4H/b21-9-,22-10+. The van der Waals surface area contributed by atoms with Crippen molar-refractivity contribution in [2.24, 2.45) is 10.3 Å². The minimum absolute atomic E-state index is 0.0563. The van der Waals surface area contributed by atoms with E-state index in [1.807, 2.05) is 0 Å². The molecule has 0 aliphatic carbocycles. The van der Waals surface area contributed by atoms with Crippen LogP contribution in [0.2, 0.25) is 0 Å². The Labute approximate surface area is 150 Å². The van der Waals surface area contributed by atoms with Gasteiger partial charge in [-0.05, 0) is 6.07 Å². The van der Waals surface area contributed by atoms with E-state index in [9.17, 15) is 26.3 Å². The molecular formula is C12H4F6N4O2S2. The zero-order chi connectivity index (χ0) is 19.8. The number of rotatable bonds is 6. The molecule has 0 atom stereocenters. The van der Waals surface area contributed by atoms with E-state index >= 15 is 0 Å². The quantitative estimate of drug-likeness (QED) is 0.294. The van der Waals surface area contributed by atoms with Gasteiger partial charge >= 0.3 is 11.0 Å². The van der Waals surface area contributed by atoms with Gasteiger partial charge in [0.25, 0.3) is 0 Å². The van der Waals surface area contributed by atoms with Gasteiger partial charge in [-0.1, -0.05) is 28.5 Å². The van der Waals surface area contributed by atoms with Crippen LogP contribution in [0.3, 0.4) is 0 Å². The fourth-order valence-corrected chi connectivity index (χ4v) is 1.68. The Hall–Kier alpha value is -2.58. The second kappa shape index (κ2) is 9.21. The lowest BCUT2D eigenvalue weighted by Gasteiger charge is -2.04. The number of benzene rings is 1. The molecule has 6 nitrogen and oxygen atoms in total. The third kappa shape index (κ3) is 8.00. The van der Waals surface area contributed by atoms with E-state index in [-0.39, 0.29) is 11.1 Å². The van der Waals surface area contributed by atoms with Gasteiger partial charge in [0.2, 0.25) is 24.1 Å². The van der Waals surface area contributed by atoms with Gasteiger partial charge in [-0.3, -0.25) is 0 Å². The average molecular weight is 414 g/mol. The summed E-state index contributed by atoms with van der Waals surface area (Å²) in [5.74, 6) is 0. The van der Waals surface area contributed by atoms with Crippen molar-refractivity contribution in [1.29, 1.82) is 10.5 Å². The van der Waals surface area contributed by atoms with Gasteiger partial charge < -0.3 is 8.57 Å². The summed E-state index contributed by atoms with van der Waals surface area (Å²) in [6.45, 7) is 0. The molecular weight excluding hydrogens is 410 g/mol. The second-order valence-electron chi connectivity index (χ2n) is 3.89. The molecule has 1 rings (SSSR count). The minimum atomic E-state index is -4.74. The molecule has 0 aliphatic rings. The Bertz CT molecular complexity index is 718. The van der Waals surface area contributed by atoms with Crippen molar-refractivity contribution in [1.82, 2.24) is 0 Å². The highest BCUT2D eigenvalue weighted by Crippen LogP contribution is 2.32. The lowest BCUT2D eigenvalue weighted by molar-refractivity contribution is -0.0403. The molecule has 0 saturated carbocycles. The Balaban J connectivity index is 3.01. The molecule has 0 aliphatic heterocycles. The fourth-order valence-electron chi connectivity index (χ4n) is 1.29. The van der Waals surface area contributed by atoms with Crippen LogP contribution in [-0.2, 0) is 8.57 Å². The molecule has 14 heteroatoms. The van der Waals surface area contributed by atoms with Crippen LogP contribution in [-0.4, -0.2) is 22.4 Å². The SMILES string of the molecule is N#C/C(=N\OSC(F)(F)F)c1cccc(/C(C#N)=N\OSC(F)(F)F)c1. The number of oxime groups is 2. The van der Waals surface area contributed by atoms with Crippen molar-refractivity contribution in [2.45, 2.75) is 11.0 Å². The number of hydrogen-bond acceptors (Lipinski definition) is 8. The van der Waals surface area contributed by atoms with Crippen molar-refractivity contribution in [3.05, 3.63) is 35.4 Å². The van der Waals surface area contributed by atoms with Gasteiger partial charge in [0.05, 0.1) is 0 Å². The van der Waals surface area contributed by atoms with E-state index < -0.39 is 46.5 Å². The molecule has 0 amide bonds. The molecule has 0 unspecified atom stereocenters. The van der Waals surface area contributed by atoms with Crippen LogP contribution in [0.15, 0.2) is 34.6 Å². The minimum Gasteiger partial charge on any atom is -0.312 e. The first-order chi connectivity index (χ1) is 12.1. The first kappa shape index (κ1) is 21.5. The molecule has 0 N–H and O–H groups in total. The lowest BCUT2D eigenvalue weighted by atomic mass is 10.0. The van der Waals surface area contributed by atoms with Crippen molar-refractivity contribution in [3.8, 4) is 12.1 Å². The Kier molecular flexibility index (Phi) is 7.60. The number of halogens is 6. The normalized spacial score (nSPS) is 12.9. The predicted octanol–water partition coefficient (Wildman–Crippen LogP) is 4.51. The molecule has 0 spiro atoms. The smallest absolute Gasteiger partial charge is 0.312 e. The van der Waals surface area contributed by atoms with Crippen LogP contribution >= 0.6 is 24.1 Å². The fraction of sp³-hybridized carbons (Fsp3) is 0.167. The largest absolute Gasteiger partial charge is 0.482 e. The van der Waals surface area contributed by atoms with E-state index in [1.54, 1.807) is 0 Å². The molecule has 0 saturated heterocycles. The first-order valence-corrected chi connectivity index (χ1v) is 7.44. The highest BCUT2D eigenvalue weighted by molar-refractivity contribution is 7.95. The van der Waals surface area contributed by atoms with E-state index in [0.29, 0.717) is 0 Å². The second-order valence-corrected chi connectivity index (χ2v) is 5.45. The predicted molar refractivity (Wildman–Crippen MR) is 80.2 cm³/mol. The van der Waals surface area contributed by atoms with E-state index in [2.05, 4.69) is 18.9 Å². The summed E-state index contributed by atoms with van der Waals surface area (Å²) < 4.78 is 79.7. The summed E-state index contributed by atoms with van der Waals surface area (Å²) in [5.41, 5.74) is -10.7. The van der Waals surface area contributed by atoms with Gasteiger partial charge in [0.15, 0.2) is 11.4 Å². The van der Waals surface area contributed by atoms with Gasteiger partial charge in [0, 0.05) is 11.1 Å². The van der Waals surface area contributed by atoms with Crippen molar-refractivity contribution in [3.63, 3.8) is 0 Å².